The van der Waals surface area contributed by atoms with Crippen LogP contribution in [0.15, 0.2) is 42.0 Å². The van der Waals surface area contributed by atoms with Crippen molar-refractivity contribution in [2.75, 3.05) is 0 Å². The highest BCUT2D eigenvalue weighted by molar-refractivity contribution is 6.42. The van der Waals surface area contributed by atoms with E-state index in [2.05, 4.69) is 0 Å². The van der Waals surface area contributed by atoms with E-state index in [1.807, 2.05) is 12.1 Å². The first-order chi connectivity index (χ1) is 9.99. The minimum Gasteiger partial charge on any atom is -0.206 e. The first-order valence-corrected chi connectivity index (χ1v) is 7.06. The average molecular weight is 320 g/mol. The van der Waals surface area contributed by atoms with Crippen molar-refractivity contribution in [1.82, 2.24) is 0 Å². The highest BCUT2D eigenvalue weighted by Crippen LogP contribution is 2.24. The maximum absolute atomic E-state index is 13.7. The molecule has 0 aliphatic heterocycles. The van der Waals surface area contributed by atoms with Crippen LogP contribution in [0.2, 0.25) is 10.0 Å². The van der Waals surface area contributed by atoms with E-state index >= 15 is 0 Å². The summed E-state index contributed by atoms with van der Waals surface area (Å²) in [5.74, 6) is -0.345. The van der Waals surface area contributed by atoms with Gasteiger partial charge < -0.3 is 0 Å². The number of hydrogen-bond acceptors (Lipinski definition) is 1. The molecule has 0 spiro atoms. The fourth-order valence-corrected chi connectivity index (χ4v) is 2.29. The Morgan fingerprint density at radius 2 is 1.81 bits per heavy atom. The summed E-state index contributed by atoms with van der Waals surface area (Å²) in [6.07, 6.45) is 2.15. The van der Waals surface area contributed by atoms with Gasteiger partial charge in [0.25, 0.3) is 0 Å². The molecule has 2 aromatic rings. The molecule has 0 aliphatic rings. The minimum atomic E-state index is -0.345. The Morgan fingerprint density at radius 1 is 1.14 bits per heavy atom. The van der Waals surface area contributed by atoms with Gasteiger partial charge in [-0.2, -0.15) is 5.26 Å². The van der Waals surface area contributed by atoms with Gasteiger partial charge in [-0.25, -0.2) is 4.39 Å². The average Bonchev–Trinajstić information content (AvgIpc) is 2.46. The lowest BCUT2D eigenvalue weighted by Gasteiger charge is -2.06. The summed E-state index contributed by atoms with van der Waals surface area (Å²) < 4.78 is 13.7. The normalized spacial score (nSPS) is 11.3. The van der Waals surface area contributed by atoms with E-state index in [0.717, 1.165) is 11.1 Å². The summed E-state index contributed by atoms with van der Waals surface area (Å²) in [6.45, 7) is 1.64. The molecule has 4 heteroatoms. The van der Waals surface area contributed by atoms with Gasteiger partial charge >= 0.3 is 0 Å². The molecular weight excluding hydrogens is 308 g/mol. The topological polar surface area (TPSA) is 23.8 Å². The van der Waals surface area contributed by atoms with E-state index in [1.54, 1.807) is 31.2 Å². The third-order valence-corrected chi connectivity index (χ3v) is 3.74. The highest BCUT2D eigenvalue weighted by Gasteiger charge is 2.05. The Balaban J connectivity index is 2.31. The molecule has 0 bridgehead atoms. The summed E-state index contributed by atoms with van der Waals surface area (Å²) in [5.41, 5.74) is 2.79. The van der Waals surface area contributed by atoms with Gasteiger partial charge in [-0.05, 0) is 54.8 Å². The maximum atomic E-state index is 13.7. The van der Waals surface area contributed by atoms with Crippen molar-refractivity contribution < 1.29 is 4.39 Å². The van der Waals surface area contributed by atoms with Crippen LogP contribution in [-0.2, 0) is 6.42 Å². The predicted molar refractivity (Wildman–Crippen MR) is 84.9 cm³/mol. The molecule has 0 saturated heterocycles. The number of halogens is 3. The van der Waals surface area contributed by atoms with E-state index < -0.39 is 0 Å². The van der Waals surface area contributed by atoms with Crippen LogP contribution < -0.4 is 0 Å². The second-order valence-corrected chi connectivity index (χ2v) is 5.53. The molecule has 2 rings (SSSR count). The number of nitrogens with zero attached hydrogens (tertiary/aromatic N) is 1. The molecule has 21 heavy (non-hydrogen) atoms. The molecule has 0 amide bonds. The smallest absolute Gasteiger partial charge is 0.130 e. The van der Waals surface area contributed by atoms with Crippen LogP contribution in [0, 0.1) is 17.1 Å². The van der Waals surface area contributed by atoms with Gasteiger partial charge in [0, 0.05) is 11.1 Å². The summed E-state index contributed by atoms with van der Waals surface area (Å²) in [6, 6.07) is 12.3. The SMILES string of the molecule is C/C(C#N)=C/c1cc(Cc2ccc(Cl)c(Cl)c2)ccc1F. The zero-order valence-electron chi connectivity index (χ0n) is 11.3. The van der Waals surface area contributed by atoms with Crippen molar-refractivity contribution in [2.45, 2.75) is 13.3 Å². The van der Waals surface area contributed by atoms with Crippen molar-refractivity contribution >= 4 is 29.3 Å². The van der Waals surface area contributed by atoms with E-state index in [4.69, 9.17) is 28.5 Å². The fraction of sp³-hybridized carbons (Fsp3) is 0.118. The van der Waals surface area contributed by atoms with Gasteiger partial charge in [-0.1, -0.05) is 35.3 Å². The Hall–Kier alpha value is -1.82. The van der Waals surface area contributed by atoms with E-state index in [1.165, 1.54) is 12.1 Å². The summed E-state index contributed by atoms with van der Waals surface area (Å²) in [4.78, 5) is 0. The Labute approximate surface area is 133 Å². The number of rotatable bonds is 3. The Morgan fingerprint density at radius 3 is 2.48 bits per heavy atom. The van der Waals surface area contributed by atoms with Crippen LogP contribution in [0.4, 0.5) is 4.39 Å². The summed E-state index contributed by atoms with van der Waals surface area (Å²) in [7, 11) is 0. The zero-order chi connectivity index (χ0) is 15.4. The lowest BCUT2D eigenvalue weighted by atomic mass is 10.0. The van der Waals surface area contributed by atoms with Crippen molar-refractivity contribution in [3.8, 4) is 6.07 Å². The zero-order valence-corrected chi connectivity index (χ0v) is 12.8. The Kier molecular flexibility index (Phi) is 5.01. The van der Waals surface area contributed by atoms with Crippen molar-refractivity contribution in [3.63, 3.8) is 0 Å². The van der Waals surface area contributed by atoms with Gasteiger partial charge in [-0.3, -0.25) is 0 Å². The van der Waals surface area contributed by atoms with Gasteiger partial charge in [-0.15, -0.1) is 0 Å². The van der Waals surface area contributed by atoms with E-state index in [9.17, 15) is 4.39 Å². The molecule has 0 saturated carbocycles. The molecule has 106 valence electrons. The molecule has 0 unspecified atom stereocenters. The molecule has 1 nitrogen and oxygen atoms in total. The fourth-order valence-electron chi connectivity index (χ4n) is 1.96. The van der Waals surface area contributed by atoms with Gasteiger partial charge in [0.2, 0.25) is 0 Å². The molecule has 0 radical (unpaired) electrons. The van der Waals surface area contributed by atoms with Crippen LogP contribution in [-0.4, -0.2) is 0 Å². The lowest BCUT2D eigenvalue weighted by Crippen LogP contribution is -1.92. The Bertz CT molecular complexity index is 745. The molecule has 2 aromatic carbocycles. The first kappa shape index (κ1) is 15.6. The number of benzene rings is 2. The largest absolute Gasteiger partial charge is 0.206 e. The minimum absolute atomic E-state index is 0.345. The standard InChI is InChI=1S/C17H12Cl2FN/c1-11(10-21)6-14-8-12(3-5-17(14)20)7-13-2-4-15(18)16(19)9-13/h2-6,8-9H,7H2,1H3/b11-6-. The first-order valence-electron chi connectivity index (χ1n) is 6.30. The van der Waals surface area contributed by atoms with Crippen molar-refractivity contribution in [1.29, 1.82) is 5.26 Å². The van der Waals surface area contributed by atoms with Crippen LogP contribution >= 0.6 is 23.2 Å². The molecule has 0 aromatic heterocycles. The van der Waals surface area contributed by atoms with Crippen LogP contribution in [0.1, 0.15) is 23.6 Å². The quantitative estimate of drug-likeness (QED) is 0.670. The third kappa shape index (κ3) is 4.07. The van der Waals surface area contributed by atoms with Crippen LogP contribution in [0.5, 0.6) is 0 Å². The lowest BCUT2D eigenvalue weighted by molar-refractivity contribution is 0.624. The monoisotopic (exact) mass is 319 g/mol. The third-order valence-electron chi connectivity index (χ3n) is 3.00. The maximum Gasteiger partial charge on any atom is 0.130 e. The van der Waals surface area contributed by atoms with Gasteiger partial charge in [0.1, 0.15) is 5.82 Å². The van der Waals surface area contributed by atoms with Crippen molar-refractivity contribution in [3.05, 3.63) is 74.5 Å². The molecule has 0 atom stereocenters. The van der Waals surface area contributed by atoms with Crippen LogP contribution in [0.3, 0.4) is 0 Å². The van der Waals surface area contributed by atoms with Gasteiger partial charge in [0.05, 0.1) is 16.1 Å². The molecule has 0 heterocycles. The molecule has 0 fully saturated rings. The van der Waals surface area contributed by atoms with Gasteiger partial charge in [0.15, 0.2) is 0 Å². The summed E-state index contributed by atoms with van der Waals surface area (Å²) >= 11 is 11.9. The number of nitriles is 1. The molecule has 0 aliphatic carbocycles. The van der Waals surface area contributed by atoms with Crippen LogP contribution in [0.25, 0.3) is 6.08 Å². The second kappa shape index (κ2) is 6.76. The second-order valence-electron chi connectivity index (χ2n) is 4.72. The predicted octanol–water partition coefficient (Wildman–Crippen LogP) is 5.65. The number of allylic oxidation sites excluding steroid dienone is 1. The summed E-state index contributed by atoms with van der Waals surface area (Å²) in [5, 5.41) is 9.78. The van der Waals surface area contributed by atoms with E-state index in [-0.39, 0.29) is 5.82 Å². The highest BCUT2D eigenvalue weighted by atomic mass is 35.5. The van der Waals surface area contributed by atoms with Crippen molar-refractivity contribution in [2.24, 2.45) is 0 Å². The van der Waals surface area contributed by atoms with E-state index in [0.29, 0.717) is 27.6 Å². The molecule has 0 N–H and O–H groups in total. The molecular formula is C17H12Cl2FN. The number of hydrogen-bond donors (Lipinski definition) is 0.